The number of hydrogen-bond donors (Lipinski definition) is 2. The summed E-state index contributed by atoms with van der Waals surface area (Å²) in [4.78, 5) is 20.1. The maximum atomic E-state index is 11.7. The topological polar surface area (TPSA) is 66.0 Å². The Morgan fingerprint density at radius 1 is 1.07 bits per heavy atom. The summed E-state index contributed by atoms with van der Waals surface area (Å²) in [5.41, 5.74) is 5.87. The molecule has 0 spiro atoms. The summed E-state index contributed by atoms with van der Waals surface area (Å²) < 4.78 is 3.10. The summed E-state index contributed by atoms with van der Waals surface area (Å²) in [6, 6.07) is 13.6. The van der Waals surface area contributed by atoms with Gasteiger partial charge in [-0.2, -0.15) is 0 Å². The number of rotatable bonds is 4. The fraction of sp³-hybridized carbons (Fsp3) is 0.391. The van der Waals surface area contributed by atoms with Gasteiger partial charge in [0.1, 0.15) is 0 Å². The molecule has 2 N–H and O–H groups in total. The first-order chi connectivity index (χ1) is 14.1. The molecule has 3 aromatic rings. The molecule has 2 bridgehead atoms. The number of carbonyl (C=O) groups is 1. The van der Waals surface area contributed by atoms with Crippen molar-refractivity contribution in [2.24, 2.45) is 5.41 Å². The van der Waals surface area contributed by atoms with Crippen LogP contribution in [0.15, 0.2) is 42.6 Å². The standard InChI is InChI=1S/C23H23I2N2O2/c28-21(29)23-9-6-22(7-10-23,8-11-23)16-3-1-15(2-4-16)20-17(25-14-24-25)13-19-18(27-20)5-12-26-19/h1-5,12-13,26H,6-11,14H2,(H,28,29)/q-1. The second-order valence-electron chi connectivity index (χ2n) is 8.68. The van der Waals surface area contributed by atoms with Crippen LogP contribution in [0.4, 0.5) is 0 Å². The van der Waals surface area contributed by atoms with E-state index in [-0.39, 0.29) is 5.41 Å². The molecule has 29 heavy (non-hydrogen) atoms. The molecule has 7 rings (SSSR count). The van der Waals surface area contributed by atoms with E-state index in [2.05, 4.69) is 41.4 Å². The van der Waals surface area contributed by atoms with Crippen molar-refractivity contribution in [3.63, 3.8) is 0 Å². The van der Waals surface area contributed by atoms with E-state index in [0.29, 0.717) is 17.2 Å². The summed E-state index contributed by atoms with van der Waals surface area (Å²) >= 11 is -0.386. The Morgan fingerprint density at radius 2 is 1.76 bits per heavy atom. The zero-order valence-corrected chi connectivity index (χ0v) is 20.4. The predicted molar refractivity (Wildman–Crippen MR) is 119 cm³/mol. The van der Waals surface area contributed by atoms with Gasteiger partial charge in [-0.3, -0.25) is 0 Å². The number of nitrogens with one attached hydrogen (secondary N) is 1. The molecule has 4 fully saturated rings. The molecule has 0 atom stereocenters. The normalized spacial score (nSPS) is 29.6. The van der Waals surface area contributed by atoms with E-state index < -0.39 is 27.2 Å². The Bertz CT molecular complexity index is 1090. The van der Waals surface area contributed by atoms with Crippen LogP contribution in [0.25, 0.3) is 22.3 Å². The number of pyridine rings is 1. The van der Waals surface area contributed by atoms with E-state index >= 15 is 0 Å². The third kappa shape index (κ3) is 2.96. The molecule has 0 radical (unpaired) electrons. The van der Waals surface area contributed by atoms with Gasteiger partial charge in [-0.1, -0.05) is 0 Å². The molecule has 3 aliphatic carbocycles. The summed E-state index contributed by atoms with van der Waals surface area (Å²) in [5, 5.41) is 9.66. The zero-order valence-electron chi connectivity index (χ0n) is 16.0. The van der Waals surface area contributed by atoms with Crippen molar-refractivity contribution in [3.05, 3.63) is 51.7 Å². The number of alkyl halides is 2. The van der Waals surface area contributed by atoms with Crippen molar-refractivity contribution in [2.45, 2.75) is 43.9 Å². The summed E-state index contributed by atoms with van der Waals surface area (Å²) in [5.74, 6) is -0.576. The van der Waals surface area contributed by atoms with Crippen LogP contribution in [0.5, 0.6) is 0 Å². The van der Waals surface area contributed by atoms with Gasteiger partial charge in [0.25, 0.3) is 0 Å². The fourth-order valence-electron chi connectivity index (χ4n) is 5.36. The molecule has 4 aliphatic rings. The van der Waals surface area contributed by atoms with Gasteiger partial charge in [-0.05, 0) is 0 Å². The van der Waals surface area contributed by atoms with Crippen molar-refractivity contribution in [3.8, 4) is 11.3 Å². The van der Waals surface area contributed by atoms with Gasteiger partial charge >= 0.3 is 185 Å². The molecule has 152 valence electrons. The number of carboxylic acids is 1. The Kier molecular flexibility index (Phi) is 4.28. The molecule has 0 unspecified atom stereocenters. The van der Waals surface area contributed by atoms with Gasteiger partial charge in [-0.15, -0.1) is 0 Å². The molecule has 1 aromatic carbocycles. The SMILES string of the molecule is O=C(O)C12CCC(c3ccc(-c4nc5cc[nH]c5cc4I4C[I-]4)cc3)(CC1)CC2. The monoisotopic (exact) mass is 613 g/mol. The number of H-pyrrole nitrogens is 1. The number of nitrogens with zero attached hydrogens (tertiary/aromatic N) is 1. The Morgan fingerprint density at radius 3 is 2.38 bits per heavy atom. The molecular weight excluding hydrogens is 590 g/mol. The van der Waals surface area contributed by atoms with E-state index in [1.54, 1.807) is 3.57 Å². The molecular formula is C23H23I2N2O2-. The average Bonchev–Trinajstić information content (AvgIpc) is 3.52. The van der Waals surface area contributed by atoms with Crippen LogP contribution in [0, 0.1) is 8.99 Å². The van der Waals surface area contributed by atoms with E-state index in [4.69, 9.17) is 4.98 Å². The maximum absolute atomic E-state index is 11.7. The second kappa shape index (κ2) is 6.67. The number of carboxylic acid groups (broad SMARTS) is 1. The van der Waals surface area contributed by atoms with Crippen molar-refractivity contribution in [1.82, 2.24) is 9.97 Å². The van der Waals surface area contributed by atoms with Gasteiger partial charge < -0.3 is 0 Å². The van der Waals surface area contributed by atoms with E-state index in [9.17, 15) is 9.90 Å². The van der Waals surface area contributed by atoms with Crippen LogP contribution in [-0.4, -0.2) is 23.5 Å². The third-order valence-electron chi connectivity index (χ3n) is 7.38. The third-order valence-corrected chi connectivity index (χ3v) is 21.3. The van der Waals surface area contributed by atoms with Gasteiger partial charge in [-0.25, -0.2) is 0 Å². The molecule has 3 heterocycles. The summed E-state index contributed by atoms with van der Waals surface area (Å²) in [6.07, 6.45) is 7.52. The number of fused-ring (bicyclic) bond motifs is 4. The van der Waals surface area contributed by atoms with Crippen molar-refractivity contribution in [1.29, 1.82) is 0 Å². The van der Waals surface area contributed by atoms with Gasteiger partial charge in [0, 0.05) is 0 Å². The first-order valence-electron chi connectivity index (χ1n) is 10.2. The van der Waals surface area contributed by atoms with E-state index in [1.807, 2.05) is 6.20 Å². The summed E-state index contributed by atoms with van der Waals surface area (Å²) in [7, 11) is 0. The van der Waals surface area contributed by atoms with Crippen LogP contribution < -0.4 is 17.2 Å². The molecule has 6 heteroatoms. The number of hydrogen-bond acceptors (Lipinski definition) is 2. The molecule has 1 aliphatic heterocycles. The predicted octanol–water partition coefficient (Wildman–Crippen LogP) is 2.56. The van der Waals surface area contributed by atoms with E-state index in [1.165, 1.54) is 24.8 Å². The number of benzene rings is 1. The Hall–Kier alpha value is -1.16. The quantitative estimate of drug-likeness (QED) is 0.352. The van der Waals surface area contributed by atoms with Crippen LogP contribution >= 0.6 is 15.8 Å². The van der Waals surface area contributed by atoms with Crippen molar-refractivity contribution in [2.75, 3.05) is 2.43 Å². The number of aromatic nitrogens is 2. The molecule has 4 nitrogen and oxygen atoms in total. The van der Waals surface area contributed by atoms with E-state index in [0.717, 1.165) is 44.0 Å². The van der Waals surface area contributed by atoms with Gasteiger partial charge in [0.05, 0.1) is 0 Å². The van der Waals surface area contributed by atoms with Crippen LogP contribution in [0.3, 0.4) is 0 Å². The molecule has 2 aromatic heterocycles. The van der Waals surface area contributed by atoms with Gasteiger partial charge in [0.2, 0.25) is 0 Å². The zero-order chi connectivity index (χ0) is 19.6. The van der Waals surface area contributed by atoms with Crippen LogP contribution in [-0.2, 0) is 10.2 Å². The molecule has 1 saturated heterocycles. The average molecular weight is 613 g/mol. The first kappa shape index (κ1) is 18.6. The number of halogens is 2. The minimum absolute atomic E-state index is 0.189. The van der Waals surface area contributed by atoms with Crippen molar-refractivity contribution >= 4 is 32.8 Å². The number of aliphatic carboxylic acids is 1. The van der Waals surface area contributed by atoms with Gasteiger partial charge in [0.15, 0.2) is 0 Å². The first-order valence-corrected chi connectivity index (χ1v) is 20.6. The second-order valence-corrected chi connectivity index (χ2v) is 27.1. The molecule has 3 saturated carbocycles. The van der Waals surface area contributed by atoms with Crippen molar-refractivity contribution < 1.29 is 27.1 Å². The Balaban J connectivity index is 1.34. The number of aromatic amines is 1. The summed E-state index contributed by atoms with van der Waals surface area (Å²) in [6.45, 7) is 0. The van der Waals surface area contributed by atoms with Crippen LogP contribution in [0.1, 0.15) is 44.1 Å². The fourth-order valence-corrected chi connectivity index (χ4v) is 19.6. The molecule has 0 amide bonds. The minimum atomic E-state index is -0.852. The van der Waals surface area contributed by atoms with Crippen LogP contribution in [0.2, 0.25) is 0 Å². The Labute approximate surface area is 183 Å².